The van der Waals surface area contributed by atoms with E-state index in [0.717, 1.165) is 0 Å². The number of aryl methyl sites for hydroxylation is 1. The molecule has 0 radical (unpaired) electrons. The third-order valence-electron chi connectivity index (χ3n) is 1.27. The molecule has 0 saturated carbocycles. The molecule has 1 heterocycles. The van der Waals surface area contributed by atoms with Gasteiger partial charge in [0, 0.05) is 12.7 Å². The van der Waals surface area contributed by atoms with Gasteiger partial charge in [0.15, 0.2) is 5.69 Å². The molecule has 1 amide bonds. The van der Waals surface area contributed by atoms with Gasteiger partial charge in [-0.1, -0.05) is 11.6 Å². The Labute approximate surface area is 68.9 Å². The fourth-order valence-electron chi connectivity index (χ4n) is 0.726. The molecule has 2 N–H and O–H groups in total. The molecule has 0 aliphatic rings. The Balaban J connectivity index is 3.07. The maximum Gasteiger partial charge on any atom is 0.270 e. The van der Waals surface area contributed by atoms with Gasteiger partial charge >= 0.3 is 0 Å². The number of hydrogen-bond acceptors (Lipinski definition) is 2. The van der Waals surface area contributed by atoms with Crippen molar-refractivity contribution in [2.75, 3.05) is 0 Å². The van der Waals surface area contributed by atoms with E-state index in [0.29, 0.717) is 11.6 Å². The molecule has 4 nitrogen and oxygen atoms in total. The SMILES string of the molecule is CCn1cc(Cl)c(C(N)=O)n1. The van der Waals surface area contributed by atoms with Gasteiger partial charge in [-0.25, -0.2) is 0 Å². The smallest absolute Gasteiger partial charge is 0.270 e. The third-order valence-corrected chi connectivity index (χ3v) is 1.55. The summed E-state index contributed by atoms with van der Waals surface area (Å²) in [5.41, 5.74) is 5.12. The largest absolute Gasteiger partial charge is 0.364 e. The molecule has 0 atom stereocenters. The van der Waals surface area contributed by atoms with Crippen LogP contribution < -0.4 is 5.73 Å². The first-order valence-electron chi connectivity index (χ1n) is 3.18. The van der Waals surface area contributed by atoms with Crippen LogP contribution in [0.2, 0.25) is 5.02 Å². The summed E-state index contributed by atoms with van der Waals surface area (Å²) in [5.74, 6) is -0.595. The van der Waals surface area contributed by atoms with Gasteiger partial charge in [-0.2, -0.15) is 5.10 Å². The standard InChI is InChI=1S/C6H8ClN3O/c1-2-10-3-4(7)5(9-10)6(8)11/h3H,2H2,1H3,(H2,8,11). The number of nitrogens with zero attached hydrogens (tertiary/aromatic N) is 2. The van der Waals surface area contributed by atoms with Crippen molar-refractivity contribution in [2.45, 2.75) is 13.5 Å². The summed E-state index contributed by atoms with van der Waals surface area (Å²) in [6.07, 6.45) is 1.57. The van der Waals surface area contributed by atoms with Crippen LogP contribution >= 0.6 is 11.6 Å². The molecular weight excluding hydrogens is 166 g/mol. The second-order valence-corrected chi connectivity index (χ2v) is 2.45. The summed E-state index contributed by atoms with van der Waals surface area (Å²) in [6.45, 7) is 2.57. The number of halogens is 1. The number of amides is 1. The van der Waals surface area contributed by atoms with E-state index in [1.165, 1.54) is 0 Å². The van der Waals surface area contributed by atoms with Crippen LogP contribution in [0, 0.1) is 0 Å². The van der Waals surface area contributed by atoms with E-state index in [1.54, 1.807) is 10.9 Å². The molecule has 5 heteroatoms. The number of aromatic nitrogens is 2. The van der Waals surface area contributed by atoms with E-state index in [2.05, 4.69) is 5.10 Å². The molecule has 60 valence electrons. The average molecular weight is 174 g/mol. The molecule has 0 fully saturated rings. The predicted octanol–water partition coefficient (Wildman–Crippen LogP) is 0.655. The lowest BCUT2D eigenvalue weighted by atomic mass is 10.4. The van der Waals surface area contributed by atoms with Crippen LogP contribution in [0.15, 0.2) is 6.20 Å². The molecule has 0 spiro atoms. The number of carbonyl (C=O) groups excluding carboxylic acids is 1. The van der Waals surface area contributed by atoms with Gasteiger partial charge in [0.25, 0.3) is 5.91 Å². The van der Waals surface area contributed by atoms with Gasteiger partial charge in [0.2, 0.25) is 0 Å². The van der Waals surface area contributed by atoms with Gasteiger partial charge in [-0.15, -0.1) is 0 Å². The van der Waals surface area contributed by atoms with Gasteiger partial charge in [0.05, 0.1) is 5.02 Å². The highest BCUT2D eigenvalue weighted by molar-refractivity contribution is 6.33. The molecule has 1 rings (SSSR count). The average Bonchev–Trinajstić information content (AvgIpc) is 2.30. The summed E-state index contributed by atoms with van der Waals surface area (Å²) in [6, 6.07) is 0. The van der Waals surface area contributed by atoms with Crippen LogP contribution in [0.25, 0.3) is 0 Å². The van der Waals surface area contributed by atoms with Crippen molar-refractivity contribution in [3.63, 3.8) is 0 Å². The maximum absolute atomic E-state index is 10.6. The molecular formula is C6H8ClN3O. The minimum atomic E-state index is -0.595. The number of nitrogens with two attached hydrogens (primary N) is 1. The first kappa shape index (κ1) is 8.07. The molecule has 0 bridgehead atoms. The zero-order valence-corrected chi connectivity index (χ0v) is 6.80. The zero-order chi connectivity index (χ0) is 8.43. The lowest BCUT2D eigenvalue weighted by Crippen LogP contribution is -2.12. The number of primary amides is 1. The van der Waals surface area contributed by atoms with Crippen LogP contribution in [-0.4, -0.2) is 15.7 Å². The van der Waals surface area contributed by atoms with E-state index < -0.39 is 5.91 Å². The molecule has 0 aliphatic carbocycles. The molecule has 1 aromatic rings. The Bertz CT molecular complexity index is 281. The van der Waals surface area contributed by atoms with Crippen molar-refractivity contribution in [1.82, 2.24) is 9.78 Å². The molecule has 11 heavy (non-hydrogen) atoms. The first-order chi connectivity index (χ1) is 5.15. The molecule has 1 aromatic heterocycles. The maximum atomic E-state index is 10.6. The highest BCUT2D eigenvalue weighted by Gasteiger charge is 2.10. The minimum Gasteiger partial charge on any atom is -0.364 e. The molecule has 0 aliphatic heterocycles. The van der Waals surface area contributed by atoms with Crippen molar-refractivity contribution in [3.05, 3.63) is 16.9 Å². The summed E-state index contributed by atoms with van der Waals surface area (Å²) >= 11 is 5.63. The van der Waals surface area contributed by atoms with Crippen LogP contribution in [0.4, 0.5) is 0 Å². The topological polar surface area (TPSA) is 60.9 Å². The van der Waals surface area contributed by atoms with Crippen LogP contribution in [-0.2, 0) is 6.54 Å². The Morgan fingerprint density at radius 2 is 2.55 bits per heavy atom. The molecule has 0 unspecified atom stereocenters. The van der Waals surface area contributed by atoms with Crippen molar-refractivity contribution in [3.8, 4) is 0 Å². The van der Waals surface area contributed by atoms with Crippen molar-refractivity contribution in [1.29, 1.82) is 0 Å². The Kier molecular flexibility index (Phi) is 2.14. The quantitative estimate of drug-likeness (QED) is 0.714. The van der Waals surface area contributed by atoms with Gasteiger partial charge < -0.3 is 5.73 Å². The normalized spacial score (nSPS) is 10.0. The number of rotatable bonds is 2. The van der Waals surface area contributed by atoms with E-state index in [4.69, 9.17) is 17.3 Å². The lowest BCUT2D eigenvalue weighted by molar-refractivity contribution is 0.0995. The number of hydrogen-bond donors (Lipinski definition) is 1. The second kappa shape index (κ2) is 2.92. The van der Waals surface area contributed by atoms with Gasteiger partial charge in [-0.05, 0) is 6.92 Å². The summed E-state index contributed by atoms with van der Waals surface area (Å²) in [4.78, 5) is 10.6. The van der Waals surface area contributed by atoms with E-state index in [-0.39, 0.29) is 5.69 Å². The zero-order valence-electron chi connectivity index (χ0n) is 6.04. The van der Waals surface area contributed by atoms with E-state index >= 15 is 0 Å². The van der Waals surface area contributed by atoms with E-state index in [9.17, 15) is 4.79 Å². The highest BCUT2D eigenvalue weighted by Crippen LogP contribution is 2.12. The van der Waals surface area contributed by atoms with Crippen molar-refractivity contribution < 1.29 is 4.79 Å². The van der Waals surface area contributed by atoms with Gasteiger partial charge in [-0.3, -0.25) is 9.48 Å². The van der Waals surface area contributed by atoms with Crippen LogP contribution in [0.1, 0.15) is 17.4 Å². The molecule has 0 saturated heterocycles. The predicted molar refractivity (Wildman–Crippen MR) is 41.4 cm³/mol. The fourth-order valence-corrected chi connectivity index (χ4v) is 0.970. The Morgan fingerprint density at radius 3 is 2.82 bits per heavy atom. The minimum absolute atomic E-state index is 0.133. The Morgan fingerprint density at radius 1 is 1.91 bits per heavy atom. The first-order valence-corrected chi connectivity index (χ1v) is 3.55. The van der Waals surface area contributed by atoms with Crippen LogP contribution in [0.5, 0.6) is 0 Å². The van der Waals surface area contributed by atoms with Crippen molar-refractivity contribution >= 4 is 17.5 Å². The molecule has 0 aromatic carbocycles. The van der Waals surface area contributed by atoms with Crippen LogP contribution in [0.3, 0.4) is 0 Å². The van der Waals surface area contributed by atoms with Gasteiger partial charge in [0.1, 0.15) is 0 Å². The number of carbonyl (C=O) groups is 1. The highest BCUT2D eigenvalue weighted by atomic mass is 35.5. The fraction of sp³-hybridized carbons (Fsp3) is 0.333. The monoisotopic (exact) mass is 173 g/mol. The summed E-state index contributed by atoms with van der Waals surface area (Å²) in [5, 5.41) is 4.14. The lowest BCUT2D eigenvalue weighted by Gasteiger charge is -1.89. The Hall–Kier alpha value is -1.03. The third kappa shape index (κ3) is 1.51. The van der Waals surface area contributed by atoms with Crippen molar-refractivity contribution in [2.24, 2.45) is 5.73 Å². The summed E-state index contributed by atoms with van der Waals surface area (Å²) in [7, 11) is 0. The van der Waals surface area contributed by atoms with E-state index in [1.807, 2.05) is 6.92 Å². The second-order valence-electron chi connectivity index (χ2n) is 2.05. The summed E-state index contributed by atoms with van der Waals surface area (Å²) < 4.78 is 1.56.